The predicted molar refractivity (Wildman–Crippen MR) is 103 cm³/mol. The summed E-state index contributed by atoms with van der Waals surface area (Å²) in [7, 11) is 3.35. The number of benzene rings is 2. The molecular formula is C21H25N3O2. The molecule has 0 bridgehead atoms. The highest BCUT2D eigenvalue weighted by atomic mass is 16.5. The zero-order valence-electron chi connectivity index (χ0n) is 15.7. The number of methoxy groups -OCH3 is 2. The Bertz CT molecular complexity index is 859. The quantitative estimate of drug-likeness (QED) is 0.698. The summed E-state index contributed by atoms with van der Waals surface area (Å²) in [4.78, 5) is 0. The van der Waals surface area contributed by atoms with Gasteiger partial charge in [-0.2, -0.15) is 5.10 Å². The Kier molecular flexibility index (Phi) is 5.58. The number of aromatic nitrogens is 2. The van der Waals surface area contributed by atoms with Gasteiger partial charge in [-0.3, -0.25) is 0 Å². The van der Waals surface area contributed by atoms with Crippen molar-refractivity contribution in [3.8, 4) is 17.2 Å². The lowest BCUT2D eigenvalue weighted by atomic mass is 10.1. The average molecular weight is 351 g/mol. The van der Waals surface area contributed by atoms with Crippen LogP contribution in [0, 0.1) is 6.92 Å². The lowest BCUT2D eigenvalue weighted by molar-refractivity contribution is 0.395. The van der Waals surface area contributed by atoms with Crippen molar-refractivity contribution in [1.82, 2.24) is 15.1 Å². The van der Waals surface area contributed by atoms with Crippen LogP contribution in [0.4, 0.5) is 0 Å². The van der Waals surface area contributed by atoms with E-state index in [0.29, 0.717) is 6.54 Å². The number of nitrogens with zero attached hydrogens (tertiary/aromatic N) is 2. The monoisotopic (exact) mass is 351 g/mol. The standard InChI is InChI=1S/C21H25N3O2/c1-15(22-13-17-12-19(25-3)10-11-21(17)26-4)20-14-23-24(16(20)2)18-8-6-5-7-9-18/h5-12,14-15,22H,13H2,1-4H3. The van der Waals surface area contributed by atoms with Crippen molar-refractivity contribution in [1.29, 1.82) is 0 Å². The minimum absolute atomic E-state index is 0.156. The van der Waals surface area contributed by atoms with E-state index in [1.165, 1.54) is 5.56 Å². The fourth-order valence-electron chi connectivity index (χ4n) is 3.07. The molecule has 2 aromatic carbocycles. The topological polar surface area (TPSA) is 48.3 Å². The fourth-order valence-corrected chi connectivity index (χ4v) is 3.07. The van der Waals surface area contributed by atoms with Gasteiger partial charge in [-0.05, 0) is 44.2 Å². The van der Waals surface area contributed by atoms with E-state index in [0.717, 1.165) is 28.4 Å². The predicted octanol–water partition coefficient (Wildman–Crippen LogP) is 4.05. The summed E-state index contributed by atoms with van der Waals surface area (Å²) in [6.07, 6.45) is 1.93. The van der Waals surface area contributed by atoms with Gasteiger partial charge in [0.25, 0.3) is 0 Å². The van der Waals surface area contributed by atoms with E-state index in [-0.39, 0.29) is 6.04 Å². The maximum atomic E-state index is 5.46. The molecule has 1 N–H and O–H groups in total. The Labute approximate surface area is 154 Å². The molecule has 3 rings (SSSR count). The van der Waals surface area contributed by atoms with Crippen molar-refractivity contribution in [2.75, 3.05) is 14.2 Å². The van der Waals surface area contributed by atoms with Crippen LogP contribution in [0.1, 0.15) is 29.8 Å². The number of hydrogen-bond donors (Lipinski definition) is 1. The average Bonchev–Trinajstić information content (AvgIpc) is 3.08. The summed E-state index contributed by atoms with van der Waals surface area (Å²) in [5.41, 5.74) is 4.44. The van der Waals surface area contributed by atoms with Crippen LogP contribution in [0.3, 0.4) is 0 Å². The van der Waals surface area contributed by atoms with Gasteiger partial charge >= 0.3 is 0 Å². The smallest absolute Gasteiger partial charge is 0.123 e. The van der Waals surface area contributed by atoms with Gasteiger partial charge in [0, 0.05) is 29.4 Å². The molecule has 1 atom stereocenters. The molecule has 0 saturated carbocycles. The van der Waals surface area contributed by atoms with E-state index < -0.39 is 0 Å². The van der Waals surface area contributed by atoms with Gasteiger partial charge < -0.3 is 14.8 Å². The van der Waals surface area contributed by atoms with Gasteiger partial charge in [0.15, 0.2) is 0 Å². The number of rotatable bonds is 7. The van der Waals surface area contributed by atoms with Crippen LogP contribution in [-0.2, 0) is 6.54 Å². The molecule has 0 aliphatic carbocycles. The molecule has 0 fully saturated rings. The summed E-state index contributed by atoms with van der Waals surface area (Å²) >= 11 is 0. The first-order valence-corrected chi connectivity index (χ1v) is 8.68. The van der Waals surface area contributed by atoms with E-state index in [4.69, 9.17) is 9.47 Å². The Balaban J connectivity index is 1.75. The second-order valence-corrected chi connectivity index (χ2v) is 6.21. The molecule has 1 heterocycles. The molecular weight excluding hydrogens is 326 g/mol. The lowest BCUT2D eigenvalue weighted by Gasteiger charge is -2.16. The van der Waals surface area contributed by atoms with Crippen LogP contribution in [-0.4, -0.2) is 24.0 Å². The van der Waals surface area contributed by atoms with Crippen LogP contribution in [0.2, 0.25) is 0 Å². The van der Waals surface area contributed by atoms with E-state index in [1.807, 2.05) is 47.3 Å². The maximum Gasteiger partial charge on any atom is 0.123 e. The largest absolute Gasteiger partial charge is 0.497 e. The van der Waals surface area contributed by atoms with Crippen LogP contribution < -0.4 is 14.8 Å². The zero-order chi connectivity index (χ0) is 18.5. The van der Waals surface area contributed by atoms with Gasteiger partial charge in [-0.1, -0.05) is 18.2 Å². The third kappa shape index (κ3) is 3.73. The van der Waals surface area contributed by atoms with Gasteiger partial charge in [-0.15, -0.1) is 0 Å². The molecule has 0 saturated heterocycles. The van der Waals surface area contributed by atoms with E-state index >= 15 is 0 Å². The second kappa shape index (κ2) is 8.06. The summed E-state index contributed by atoms with van der Waals surface area (Å²) < 4.78 is 12.7. The Morgan fingerprint density at radius 1 is 1.08 bits per heavy atom. The Morgan fingerprint density at radius 3 is 2.54 bits per heavy atom. The van der Waals surface area contributed by atoms with Crippen molar-refractivity contribution < 1.29 is 9.47 Å². The first kappa shape index (κ1) is 18.0. The molecule has 1 aromatic heterocycles. The number of para-hydroxylation sites is 1. The van der Waals surface area contributed by atoms with Crippen molar-refractivity contribution in [2.45, 2.75) is 26.4 Å². The van der Waals surface area contributed by atoms with Crippen molar-refractivity contribution in [3.63, 3.8) is 0 Å². The highest BCUT2D eigenvalue weighted by Crippen LogP contribution is 2.25. The molecule has 5 nitrogen and oxygen atoms in total. The van der Waals surface area contributed by atoms with Crippen LogP contribution in [0.5, 0.6) is 11.5 Å². The molecule has 1 unspecified atom stereocenters. The van der Waals surface area contributed by atoms with Gasteiger partial charge in [0.05, 0.1) is 26.1 Å². The van der Waals surface area contributed by atoms with Crippen molar-refractivity contribution >= 4 is 0 Å². The maximum absolute atomic E-state index is 5.46. The first-order valence-electron chi connectivity index (χ1n) is 8.68. The number of hydrogen-bond acceptors (Lipinski definition) is 4. The van der Waals surface area contributed by atoms with Crippen molar-refractivity contribution in [3.05, 3.63) is 71.5 Å². The number of ether oxygens (including phenoxy) is 2. The van der Waals surface area contributed by atoms with Crippen molar-refractivity contribution in [2.24, 2.45) is 0 Å². The summed E-state index contributed by atoms with van der Waals surface area (Å²) in [5, 5.41) is 8.11. The minimum Gasteiger partial charge on any atom is -0.497 e. The molecule has 0 aliphatic heterocycles. The molecule has 3 aromatic rings. The highest BCUT2D eigenvalue weighted by molar-refractivity contribution is 5.40. The highest BCUT2D eigenvalue weighted by Gasteiger charge is 2.15. The van der Waals surface area contributed by atoms with Crippen LogP contribution in [0.15, 0.2) is 54.7 Å². The molecule has 0 radical (unpaired) electrons. The van der Waals surface area contributed by atoms with E-state index in [2.05, 4.69) is 36.4 Å². The summed E-state index contributed by atoms with van der Waals surface area (Å²) in [5.74, 6) is 1.67. The van der Waals surface area contributed by atoms with E-state index in [1.54, 1.807) is 14.2 Å². The number of nitrogens with one attached hydrogen (secondary N) is 1. The first-order chi connectivity index (χ1) is 12.6. The molecule has 0 amide bonds. The van der Waals surface area contributed by atoms with E-state index in [9.17, 15) is 0 Å². The third-order valence-electron chi connectivity index (χ3n) is 4.60. The van der Waals surface area contributed by atoms with Gasteiger partial charge in [-0.25, -0.2) is 4.68 Å². The molecule has 0 spiro atoms. The molecule has 136 valence electrons. The van der Waals surface area contributed by atoms with Gasteiger partial charge in [0.2, 0.25) is 0 Å². The molecule has 0 aliphatic rings. The lowest BCUT2D eigenvalue weighted by Crippen LogP contribution is -2.19. The fraction of sp³-hybridized carbons (Fsp3) is 0.286. The third-order valence-corrected chi connectivity index (χ3v) is 4.60. The summed E-state index contributed by atoms with van der Waals surface area (Å²) in [6, 6.07) is 16.2. The minimum atomic E-state index is 0.156. The van der Waals surface area contributed by atoms with Gasteiger partial charge in [0.1, 0.15) is 11.5 Å². The van der Waals surface area contributed by atoms with Crippen LogP contribution in [0.25, 0.3) is 5.69 Å². The zero-order valence-corrected chi connectivity index (χ0v) is 15.7. The summed E-state index contributed by atoms with van der Waals surface area (Å²) in [6.45, 7) is 4.92. The SMILES string of the molecule is COc1ccc(OC)c(CNC(C)c2cnn(-c3ccccc3)c2C)c1. The second-order valence-electron chi connectivity index (χ2n) is 6.21. The Hall–Kier alpha value is -2.79. The normalized spacial score (nSPS) is 12.0. The Morgan fingerprint density at radius 2 is 1.85 bits per heavy atom. The molecule has 26 heavy (non-hydrogen) atoms. The van der Waals surface area contributed by atoms with Crippen LogP contribution >= 0.6 is 0 Å². The molecule has 5 heteroatoms.